The third-order valence-electron chi connectivity index (χ3n) is 4.01. The van der Waals surface area contributed by atoms with Crippen molar-refractivity contribution in [3.8, 4) is 5.75 Å². The molecule has 0 saturated heterocycles. The molecule has 6 nitrogen and oxygen atoms in total. The number of carbonyl (C=O) groups excluding carboxylic acids is 1. The lowest BCUT2D eigenvalue weighted by molar-refractivity contribution is 0.0470. The topological polar surface area (TPSA) is 91.8 Å². The lowest BCUT2D eigenvalue weighted by Gasteiger charge is -2.12. The Morgan fingerprint density at radius 1 is 1.15 bits per heavy atom. The Kier molecular flexibility index (Phi) is 5.30. The molecule has 8 heteroatoms. The summed E-state index contributed by atoms with van der Waals surface area (Å²) in [4.78, 5) is 24.3. The number of nitrogens with two attached hydrogens (primary N) is 1. The van der Waals surface area contributed by atoms with Crippen LogP contribution in [0.5, 0.6) is 5.75 Å². The number of nitrogen functional groups attached to an aromatic ring is 1. The number of benzene rings is 2. The van der Waals surface area contributed by atoms with Gasteiger partial charge < -0.3 is 19.6 Å². The summed E-state index contributed by atoms with van der Waals surface area (Å²) in [6.45, 7) is 1.64. The molecule has 1 aromatic heterocycles. The molecular weight excluding hydrogens is 393 g/mol. The molecular formula is C19H15Cl2NO5. The van der Waals surface area contributed by atoms with E-state index in [9.17, 15) is 9.59 Å². The van der Waals surface area contributed by atoms with E-state index in [1.165, 1.54) is 25.3 Å². The molecule has 27 heavy (non-hydrogen) atoms. The second-order valence-corrected chi connectivity index (χ2v) is 6.65. The van der Waals surface area contributed by atoms with Crippen LogP contribution in [0.15, 0.2) is 39.5 Å². The van der Waals surface area contributed by atoms with Crippen LogP contribution in [-0.2, 0) is 11.3 Å². The lowest BCUT2D eigenvalue weighted by atomic mass is 10.1. The monoisotopic (exact) mass is 407 g/mol. The lowest BCUT2D eigenvalue weighted by Crippen LogP contribution is -2.10. The molecule has 2 N–H and O–H groups in total. The molecule has 0 aliphatic carbocycles. The molecule has 1 heterocycles. The zero-order valence-electron chi connectivity index (χ0n) is 14.5. The maximum atomic E-state index is 12.5. The second kappa shape index (κ2) is 7.50. The van der Waals surface area contributed by atoms with E-state index in [2.05, 4.69) is 0 Å². The summed E-state index contributed by atoms with van der Waals surface area (Å²) in [5.74, 6) is -0.439. The largest absolute Gasteiger partial charge is 0.496 e. The Morgan fingerprint density at radius 2 is 1.89 bits per heavy atom. The van der Waals surface area contributed by atoms with Crippen molar-refractivity contribution in [2.75, 3.05) is 12.8 Å². The van der Waals surface area contributed by atoms with Crippen LogP contribution in [0.1, 0.15) is 21.5 Å². The van der Waals surface area contributed by atoms with Crippen molar-refractivity contribution >= 4 is 45.8 Å². The van der Waals surface area contributed by atoms with Gasteiger partial charge in [-0.1, -0.05) is 23.2 Å². The summed E-state index contributed by atoms with van der Waals surface area (Å²) in [6.07, 6.45) is 0. The fraction of sp³-hybridized carbons (Fsp3) is 0.158. The standard InChI is InChI=1S/C19H15Cl2NO5/c1-9-3-17-11(5-13(9)20)10(4-18(23)27-17)8-26-19(24)12-6-14(21)15(22)7-16(12)25-2/h3-7H,8,22H2,1-2H3. The van der Waals surface area contributed by atoms with Gasteiger partial charge in [0.05, 0.1) is 17.8 Å². The van der Waals surface area contributed by atoms with Gasteiger partial charge in [-0.2, -0.15) is 0 Å². The van der Waals surface area contributed by atoms with Crippen LogP contribution < -0.4 is 16.1 Å². The first kappa shape index (κ1) is 19.1. The van der Waals surface area contributed by atoms with E-state index in [1.807, 2.05) is 0 Å². The van der Waals surface area contributed by atoms with E-state index >= 15 is 0 Å². The number of esters is 1. The summed E-state index contributed by atoms with van der Waals surface area (Å²) < 4.78 is 15.7. The minimum Gasteiger partial charge on any atom is -0.496 e. The Hall–Kier alpha value is -2.70. The predicted octanol–water partition coefficient (Wildman–Crippen LogP) is 4.36. The number of carbonyl (C=O) groups is 1. The molecule has 0 radical (unpaired) electrons. The third-order valence-corrected chi connectivity index (χ3v) is 4.74. The number of rotatable bonds is 4. The van der Waals surface area contributed by atoms with Gasteiger partial charge in [0.25, 0.3) is 0 Å². The van der Waals surface area contributed by atoms with Crippen LogP contribution in [0.4, 0.5) is 5.69 Å². The zero-order valence-corrected chi connectivity index (χ0v) is 16.0. The number of ether oxygens (including phenoxy) is 2. The molecule has 0 amide bonds. The molecule has 0 unspecified atom stereocenters. The highest BCUT2D eigenvalue weighted by atomic mass is 35.5. The van der Waals surface area contributed by atoms with Gasteiger partial charge in [0, 0.05) is 28.1 Å². The Balaban J connectivity index is 1.93. The molecule has 2 aromatic carbocycles. The van der Waals surface area contributed by atoms with Crippen LogP contribution in [-0.4, -0.2) is 13.1 Å². The molecule has 0 atom stereocenters. The summed E-state index contributed by atoms with van der Waals surface area (Å²) in [7, 11) is 1.40. The summed E-state index contributed by atoms with van der Waals surface area (Å²) >= 11 is 12.1. The molecule has 140 valence electrons. The van der Waals surface area contributed by atoms with Crippen LogP contribution in [0.25, 0.3) is 11.0 Å². The highest BCUT2D eigenvalue weighted by molar-refractivity contribution is 6.33. The van der Waals surface area contributed by atoms with Crippen molar-refractivity contribution in [1.29, 1.82) is 0 Å². The van der Waals surface area contributed by atoms with Crippen LogP contribution in [0.3, 0.4) is 0 Å². The Labute approximate surface area is 164 Å². The molecule has 3 rings (SSSR count). The molecule has 3 aromatic rings. The van der Waals surface area contributed by atoms with Gasteiger partial charge in [-0.25, -0.2) is 9.59 Å². The maximum Gasteiger partial charge on any atom is 0.342 e. The maximum absolute atomic E-state index is 12.5. The summed E-state index contributed by atoms with van der Waals surface area (Å²) in [5, 5.41) is 1.30. The number of anilines is 1. The van der Waals surface area contributed by atoms with Gasteiger partial charge in [0.2, 0.25) is 0 Å². The van der Waals surface area contributed by atoms with Gasteiger partial charge in [0.15, 0.2) is 0 Å². The molecule has 0 spiro atoms. The smallest absolute Gasteiger partial charge is 0.342 e. The molecule has 0 aliphatic heterocycles. The molecule has 0 bridgehead atoms. The number of methoxy groups -OCH3 is 1. The number of aryl methyl sites for hydroxylation is 1. The van der Waals surface area contributed by atoms with Gasteiger partial charge in [-0.15, -0.1) is 0 Å². The number of fused-ring (bicyclic) bond motifs is 1. The average molecular weight is 408 g/mol. The number of hydrogen-bond acceptors (Lipinski definition) is 6. The van der Waals surface area contributed by atoms with E-state index in [-0.39, 0.29) is 28.6 Å². The van der Waals surface area contributed by atoms with Crippen LogP contribution in [0.2, 0.25) is 10.0 Å². The minimum atomic E-state index is -0.673. The second-order valence-electron chi connectivity index (χ2n) is 5.84. The molecule has 0 saturated carbocycles. The number of hydrogen-bond donors (Lipinski definition) is 1. The van der Waals surface area contributed by atoms with Gasteiger partial charge >= 0.3 is 11.6 Å². The average Bonchev–Trinajstić information content (AvgIpc) is 2.62. The summed E-state index contributed by atoms with van der Waals surface area (Å²) in [6, 6.07) is 7.39. The van der Waals surface area contributed by atoms with E-state index in [0.29, 0.717) is 21.6 Å². The van der Waals surface area contributed by atoms with Crippen molar-refractivity contribution in [2.24, 2.45) is 0 Å². The fourth-order valence-corrected chi connectivity index (χ4v) is 2.91. The minimum absolute atomic E-state index is 0.123. The third kappa shape index (κ3) is 3.86. The van der Waals surface area contributed by atoms with Crippen molar-refractivity contribution in [3.63, 3.8) is 0 Å². The Morgan fingerprint density at radius 3 is 2.59 bits per heavy atom. The quantitative estimate of drug-likeness (QED) is 0.392. The van der Waals surface area contributed by atoms with Crippen LogP contribution in [0, 0.1) is 6.92 Å². The van der Waals surface area contributed by atoms with Crippen LogP contribution >= 0.6 is 23.2 Å². The first-order chi connectivity index (χ1) is 12.8. The molecule has 0 aliphatic rings. The SMILES string of the molecule is COc1cc(N)c(Cl)cc1C(=O)OCc1cc(=O)oc2cc(C)c(Cl)cc12. The van der Waals surface area contributed by atoms with E-state index in [4.69, 9.17) is 42.8 Å². The van der Waals surface area contributed by atoms with E-state index in [0.717, 1.165) is 5.56 Å². The van der Waals surface area contributed by atoms with Crippen molar-refractivity contribution in [3.05, 3.63) is 67.5 Å². The van der Waals surface area contributed by atoms with E-state index in [1.54, 1.807) is 19.1 Å². The molecule has 0 fully saturated rings. The number of halogens is 2. The summed E-state index contributed by atoms with van der Waals surface area (Å²) in [5.41, 5.74) is 7.16. The zero-order chi connectivity index (χ0) is 19.7. The Bertz CT molecular complexity index is 1110. The van der Waals surface area contributed by atoms with Crippen molar-refractivity contribution < 1.29 is 18.7 Å². The highest BCUT2D eigenvalue weighted by Gasteiger charge is 2.18. The first-order valence-corrected chi connectivity index (χ1v) is 8.58. The van der Waals surface area contributed by atoms with Gasteiger partial charge in [-0.05, 0) is 30.7 Å². The van der Waals surface area contributed by atoms with E-state index < -0.39 is 11.6 Å². The fourth-order valence-electron chi connectivity index (χ4n) is 2.59. The van der Waals surface area contributed by atoms with Crippen molar-refractivity contribution in [2.45, 2.75) is 13.5 Å². The van der Waals surface area contributed by atoms with Gasteiger partial charge in [-0.3, -0.25) is 0 Å². The normalized spacial score (nSPS) is 10.8. The van der Waals surface area contributed by atoms with Crippen molar-refractivity contribution in [1.82, 2.24) is 0 Å². The highest BCUT2D eigenvalue weighted by Crippen LogP contribution is 2.30. The van der Waals surface area contributed by atoms with Gasteiger partial charge in [0.1, 0.15) is 23.5 Å². The predicted molar refractivity (Wildman–Crippen MR) is 104 cm³/mol. The first-order valence-electron chi connectivity index (χ1n) is 7.83.